The van der Waals surface area contributed by atoms with E-state index in [1.165, 1.54) is 35.7 Å². The minimum Gasteiger partial charge on any atom is -0.463 e. The number of ether oxygens (including phenoxy) is 1. The molecule has 1 aromatic heterocycles. The van der Waals surface area contributed by atoms with Gasteiger partial charge in [0.1, 0.15) is 5.82 Å². The molecule has 0 radical (unpaired) electrons. The Morgan fingerprint density at radius 3 is 2.78 bits per heavy atom. The van der Waals surface area contributed by atoms with Crippen LogP contribution in [0.25, 0.3) is 0 Å². The number of fused-ring (bicyclic) bond motifs is 1. The number of hydrogen-bond donors (Lipinski definition) is 0. The van der Waals surface area contributed by atoms with Gasteiger partial charge in [-0.3, -0.25) is 4.79 Å². The van der Waals surface area contributed by atoms with Crippen molar-refractivity contribution in [1.82, 2.24) is 19.8 Å². The summed E-state index contributed by atoms with van der Waals surface area (Å²) in [4.78, 5) is 31.2. The fraction of sp³-hybridized carbons (Fsp3) is 0.562. The van der Waals surface area contributed by atoms with Crippen molar-refractivity contribution < 1.29 is 9.53 Å². The molecule has 1 saturated heterocycles. The van der Waals surface area contributed by atoms with E-state index in [4.69, 9.17) is 14.7 Å². The van der Waals surface area contributed by atoms with E-state index < -0.39 is 0 Å². The Kier molecular flexibility index (Phi) is 8.79. The lowest BCUT2D eigenvalue weighted by molar-refractivity contribution is -0.128. The average molecular weight is 558 g/mol. The van der Waals surface area contributed by atoms with Gasteiger partial charge in [0.2, 0.25) is 5.91 Å². The standard InChI is InChI=1S/C32H43N7O2/c1-6-30(40)39-18-17-38(19-25(39)13-15-33)31-26-14-16-37(28-11-7-9-22(2)23(28)3)20-27(26)34-32(35-31)41-21-24-10-8-12-29(24)36(4)5/h6-7,9,11,24-25,29H,1,8,10,12-14,16-21H2,2-5H3. The third kappa shape index (κ3) is 6.03. The van der Waals surface area contributed by atoms with E-state index in [9.17, 15) is 10.1 Å². The molecule has 2 aromatic rings. The molecule has 218 valence electrons. The second kappa shape index (κ2) is 12.5. The molecule has 1 aromatic carbocycles. The summed E-state index contributed by atoms with van der Waals surface area (Å²) in [5.74, 6) is 1.21. The van der Waals surface area contributed by atoms with Gasteiger partial charge in [0.25, 0.3) is 0 Å². The van der Waals surface area contributed by atoms with Crippen molar-refractivity contribution >= 4 is 17.4 Å². The molecule has 2 fully saturated rings. The fourth-order valence-corrected chi connectivity index (χ4v) is 6.81. The molecule has 9 nitrogen and oxygen atoms in total. The maximum absolute atomic E-state index is 12.5. The molecular weight excluding hydrogens is 514 g/mol. The van der Waals surface area contributed by atoms with Gasteiger partial charge in [-0.1, -0.05) is 25.1 Å². The smallest absolute Gasteiger partial charge is 0.318 e. The summed E-state index contributed by atoms with van der Waals surface area (Å²) in [6.45, 7) is 11.9. The summed E-state index contributed by atoms with van der Waals surface area (Å²) in [6, 6.07) is 9.45. The lowest BCUT2D eigenvalue weighted by Crippen LogP contribution is -2.55. The molecule has 1 amide bonds. The number of piperazine rings is 1. The molecule has 0 bridgehead atoms. The molecule has 3 heterocycles. The number of hydrogen-bond acceptors (Lipinski definition) is 8. The zero-order valence-electron chi connectivity index (χ0n) is 25.0. The zero-order chi connectivity index (χ0) is 29.1. The first-order valence-corrected chi connectivity index (χ1v) is 14.9. The number of rotatable bonds is 8. The van der Waals surface area contributed by atoms with Gasteiger partial charge in [-0.25, -0.2) is 0 Å². The summed E-state index contributed by atoms with van der Waals surface area (Å²) >= 11 is 0. The molecule has 41 heavy (non-hydrogen) atoms. The molecule has 9 heteroatoms. The Labute approximate surface area is 244 Å². The van der Waals surface area contributed by atoms with Crippen LogP contribution in [0.4, 0.5) is 11.5 Å². The van der Waals surface area contributed by atoms with Gasteiger partial charge >= 0.3 is 6.01 Å². The van der Waals surface area contributed by atoms with Crippen LogP contribution < -0.4 is 14.5 Å². The normalized spacial score (nSPS) is 22.4. The number of nitriles is 1. The summed E-state index contributed by atoms with van der Waals surface area (Å²) < 4.78 is 6.38. The van der Waals surface area contributed by atoms with Crippen LogP contribution >= 0.6 is 0 Å². The largest absolute Gasteiger partial charge is 0.463 e. The van der Waals surface area contributed by atoms with Crippen LogP contribution in [0.3, 0.4) is 0 Å². The van der Waals surface area contributed by atoms with Crippen LogP contribution in [0, 0.1) is 31.1 Å². The van der Waals surface area contributed by atoms with Crippen LogP contribution in [-0.2, 0) is 17.8 Å². The number of anilines is 2. The van der Waals surface area contributed by atoms with Crippen molar-refractivity contribution in [3.05, 3.63) is 53.2 Å². The first-order chi connectivity index (χ1) is 19.8. The zero-order valence-corrected chi connectivity index (χ0v) is 25.0. The molecule has 5 rings (SSSR count). The lowest BCUT2D eigenvalue weighted by Gasteiger charge is -2.42. The van der Waals surface area contributed by atoms with Crippen molar-refractivity contribution in [3.63, 3.8) is 0 Å². The first-order valence-electron chi connectivity index (χ1n) is 14.9. The highest BCUT2D eigenvalue weighted by Gasteiger charge is 2.34. The van der Waals surface area contributed by atoms with E-state index in [1.807, 2.05) is 0 Å². The third-order valence-corrected chi connectivity index (χ3v) is 9.22. The van der Waals surface area contributed by atoms with E-state index in [0.717, 1.165) is 36.5 Å². The molecule has 0 spiro atoms. The van der Waals surface area contributed by atoms with Gasteiger partial charge < -0.3 is 24.3 Å². The van der Waals surface area contributed by atoms with E-state index in [-0.39, 0.29) is 18.4 Å². The van der Waals surface area contributed by atoms with Gasteiger partial charge in [-0.05, 0) is 70.5 Å². The number of carbonyl (C=O) groups excluding carboxylic acids is 1. The Morgan fingerprint density at radius 1 is 1.20 bits per heavy atom. The molecule has 0 N–H and O–H groups in total. The summed E-state index contributed by atoms with van der Waals surface area (Å²) in [5.41, 5.74) is 5.95. The van der Waals surface area contributed by atoms with E-state index >= 15 is 0 Å². The number of amides is 1. The average Bonchev–Trinajstić information content (AvgIpc) is 3.46. The molecule has 1 aliphatic carbocycles. The maximum Gasteiger partial charge on any atom is 0.318 e. The highest BCUT2D eigenvalue weighted by molar-refractivity contribution is 5.87. The van der Waals surface area contributed by atoms with E-state index in [0.29, 0.717) is 50.8 Å². The first kappa shape index (κ1) is 28.9. The van der Waals surface area contributed by atoms with Gasteiger partial charge in [-0.2, -0.15) is 15.2 Å². The maximum atomic E-state index is 12.5. The predicted octanol–water partition coefficient (Wildman–Crippen LogP) is 3.88. The molecule has 3 aliphatic rings. The molecular formula is C32H43N7O2. The number of aryl methyl sites for hydroxylation is 1. The summed E-state index contributed by atoms with van der Waals surface area (Å²) in [7, 11) is 4.29. The quantitative estimate of drug-likeness (QED) is 0.452. The SMILES string of the molecule is C=CC(=O)N1CCN(c2nc(OCC3CCCC3N(C)C)nc3c2CCN(c2cccc(C)c2C)C3)CC1CC#N. The highest BCUT2D eigenvalue weighted by atomic mass is 16.5. The predicted molar refractivity (Wildman–Crippen MR) is 161 cm³/mol. The van der Waals surface area contributed by atoms with Gasteiger partial charge in [0, 0.05) is 49.4 Å². The number of carbonyl (C=O) groups is 1. The minimum atomic E-state index is -0.219. The van der Waals surface area contributed by atoms with Crippen molar-refractivity contribution in [2.75, 3.05) is 56.7 Å². The Morgan fingerprint density at radius 2 is 2.02 bits per heavy atom. The van der Waals surface area contributed by atoms with E-state index in [1.54, 1.807) is 4.90 Å². The van der Waals surface area contributed by atoms with Crippen molar-refractivity contribution in [1.29, 1.82) is 5.26 Å². The number of aromatic nitrogens is 2. The molecule has 3 unspecified atom stereocenters. The van der Waals surface area contributed by atoms with Crippen LogP contribution in [0.1, 0.15) is 48.1 Å². The highest BCUT2D eigenvalue weighted by Crippen LogP contribution is 2.34. The van der Waals surface area contributed by atoms with Crippen molar-refractivity contribution in [3.8, 4) is 12.1 Å². The summed E-state index contributed by atoms with van der Waals surface area (Å²) in [5, 5.41) is 9.51. The van der Waals surface area contributed by atoms with Gasteiger partial charge in [0.05, 0.1) is 37.4 Å². The molecule has 1 saturated carbocycles. The number of benzene rings is 1. The van der Waals surface area contributed by atoms with Crippen LogP contribution in [0.5, 0.6) is 6.01 Å². The Bertz CT molecular complexity index is 1320. The third-order valence-electron chi connectivity index (χ3n) is 9.22. The number of nitrogens with zero attached hydrogens (tertiary/aromatic N) is 7. The molecule has 2 aliphatic heterocycles. The fourth-order valence-electron chi connectivity index (χ4n) is 6.81. The van der Waals surface area contributed by atoms with E-state index in [2.05, 4.69) is 73.5 Å². The Balaban J connectivity index is 1.46. The second-order valence-electron chi connectivity index (χ2n) is 11.9. The van der Waals surface area contributed by atoms with Crippen molar-refractivity contribution in [2.45, 2.75) is 64.6 Å². The van der Waals surface area contributed by atoms with Crippen LogP contribution in [-0.4, -0.2) is 84.6 Å². The van der Waals surface area contributed by atoms with Crippen molar-refractivity contribution in [2.24, 2.45) is 5.92 Å². The van der Waals surface area contributed by atoms with Gasteiger partial charge in [0.15, 0.2) is 0 Å². The topological polar surface area (TPSA) is 88.8 Å². The van der Waals surface area contributed by atoms with Crippen LogP contribution in [0.2, 0.25) is 0 Å². The lowest BCUT2D eigenvalue weighted by atomic mass is 10.0. The monoisotopic (exact) mass is 557 g/mol. The summed E-state index contributed by atoms with van der Waals surface area (Å²) in [6.07, 6.45) is 5.97. The Hall–Kier alpha value is -3.64. The molecule has 3 atom stereocenters. The van der Waals surface area contributed by atoms with Gasteiger partial charge in [-0.15, -0.1) is 0 Å². The van der Waals surface area contributed by atoms with Crippen LogP contribution in [0.15, 0.2) is 30.9 Å². The second-order valence-corrected chi connectivity index (χ2v) is 11.9. The minimum absolute atomic E-state index is 0.130.